The number of aliphatic hydroxyl groups is 1. The van der Waals surface area contributed by atoms with Crippen molar-refractivity contribution in [1.29, 1.82) is 5.26 Å². The minimum absolute atomic E-state index is 0.0365. The van der Waals surface area contributed by atoms with Crippen molar-refractivity contribution in [3.05, 3.63) is 23.3 Å². The molecular weight excluding hydrogens is 366 g/mol. The van der Waals surface area contributed by atoms with E-state index in [-0.39, 0.29) is 17.8 Å². The molecule has 0 aromatic heterocycles. The third-order valence-electron chi connectivity index (χ3n) is 8.74. The first kappa shape index (κ1) is 20.3. The maximum Gasteiger partial charge on any atom is 0.302 e. The number of esters is 1. The minimum Gasteiger partial charge on any atom is -0.464 e. The number of rotatable bonds is 3. The Kier molecular flexibility index (Phi) is 4.77. The van der Waals surface area contributed by atoms with Gasteiger partial charge in [-0.3, -0.25) is 9.59 Å². The molecule has 1 N–H and O–H groups in total. The van der Waals surface area contributed by atoms with Gasteiger partial charge in [-0.2, -0.15) is 5.26 Å². The second kappa shape index (κ2) is 6.80. The number of allylic oxidation sites excluding steroid dienone is 4. The number of nitrogens with zero attached hydrogens (tertiary/aromatic N) is 1. The van der Waals surface area contributed by atoms with Crippen LogP contribution in [0.15, 0.2) is 23.3 Å². The molecule has 2 saturated carbocycles. The minimum atomic E-state index is -1.16. The highest BCUT2D eigenvalue weighted by Gasteiger charge is 2.64. The number of carbonyl (C=O) groups is 2. The summed E-state index contributed by atoms with van der Waals surface area (Å²) < 4.78 is 5.12. The molecule has 0 heterocycles. The van der Waals surface area contributed by atoms with Crippen LogP contribution in [0.2, 0.25) is 0 Å². The number of fused-ring (bicyclic) bond motifs is 5. The molecule has 0 spiro atoms. The summed E-state index contributed by atoms with van der Waals surface area (Å²) in [6.07, 6.45) is 9.75. The largest absolute Gasteiger partial charge is 0.464 e. The maximum atomic E-state index is 12.0. The van der Waals surface area contributed by atoms with Crippen molar-refractivity contribution in [2.24, 2.45) is 28.6 Å². The molecular formula is C24H31NO4. The van der Waals surface area contributed by atoms with E-state index in [1.807, 2.05) is 6.08 Å². The van der Waals surface area contributed by atoms with Crippen LogP contribution in [0.5, 0.6) is 0 Å². The van der Waals surface area contributed by atoms with Gasteiger partial charge in [-0.15, -0.1) is 0 Å². The molecule has 0 aromatic carbocycles. The molecule has 0 aromatic rings. The second-order valence-corrected chi connectivity index (χ2v) is 9.95. The molecule has 6 atom stereocenters. The highest BCUT2D eigenvalue weighted by atomic mass is 16.5. The summed E-state index contributed by atoms with van der Waals surface area (Å²) in [6, 6.07) is 2.23. The van der Waals surface area contributed by atoms with Crippen molar-refractivity contribution < 1.29 is 19.4 Å². The summed E-state index contributed by atoms with van der Waals surface area (Å²) in [5.41, 5.74) is 1.11. The zero-order valence-electron chi connectivity index (χ0n) is 17.7. The fraction of sp³-hybridized carbons (Fsp3) is 0.708. The Labute approximate surface area is 172 Å². The van der Waals surface area contributed by atoms with E-state index in [1.165, 1.54) is 18.1 Å². The Morgan fingerprint density at radius 1 is 1.34 bits per heavy atom. The molecule has 1 unspecified atom stereocenters. The van der Waals surface area contributed by atoms with Gasteiger partial charge in [0, 0.05) is 24.2 Å². The molecule has 29 heavy (non-hydrogen) atoms. The van der Waals surface area contributed by atoms with Gasteiger partial charge in [-0.05, 0) is 56.4 Å². The number of hydrogen-bond acceptors (Lipinski definition) is 5. The first-order valence-electron chi connectivity index (χ1n) is 10.9. The van der Waals surface area contributed by atoms with Gasteiger partial charge < -0.3 is 9.84 Å². The van der Waals surface area contributed by atoms with Crippen LogP contribution in [0.1, 0.15) is 65.7 Å². The van der Waals surface area contributed by atoms with E-state index in [1.54, 1.807) is 0 Å². The van der Waals surface area contributed by atoms with Crippen LogP contribution >= 0.6 is 0 Å². The van der Waals surface area contributed by atoms with Crippen molar-refractivity contribution in [2.45, 2.75) is 71.3 Å². The Morgan fingerprint density at radius 3 is 2.79 bits per heavy atom. The van der Waals surface area contributed by atoms with Crippen molar-refractivity contribution in [2.75, 3.05) is 6.61 Å². The van der Waals surface area contributed by atoms with E-state index in [9.17, 15) is 20.0 Å². The molecule has 4 rings (SSSR count). The van der Waals surface area contributed by atoms with Crippen LogP contribution in [-0.4, -0.2) is 29.1 Å². The summed E-state index contributed by atoms with van der Waals surface area (Å²) in [6.45, 7) is 5.68. The lowest BCUT2D eigenvalue weighted by Crippen LogP contribution is -2.55. The van der Waals surface area contributed by atoms with Gasteiger partial charge >= 0.3 is 5.97 Å². The molecule has 0 radical (unpaired) electrons. The van der Waals surface area contributed by atoms with E-state index in [4.69, 9.17) is 4.74 Å². The smallest absolute Gasteiger partial charge is 0.302 e. The summed E-state index contributed by atoms with van der Waals surface area (Å²) >= 11 is 0. The van der Waals surface area contributed by atoms with Crippen molar-refractivity contribution in [1.82, 2.24) is 0 Å². The summed E-state index contributed by atoms with van der Waals surface area (Å²) in [5.74, 6) is -0.221. The third-order valence-corrected chi connectivity index (χ3v) is 8.74. The molecule has 4 aliphatic carbocycles. The van der Waals surface area contributed by atoms with E-state index >= 15 is 0 Å². The fourth-order valence-electron chi connectivity index (χ4n) is 6.96. The van der Waals surface area contributed by atoms with Crippen LogP contribution in [0.4, 0.5) is 0 Å². The number of hydrogen-bond donors (Lipinski definition) is 1. The molecule has 156 valence electrons. The fourth-order valence-corrected chi connectivity index (χ4v) is 6.96. The predicted molar refractivity (Wildman–Crippen MR) is 107 cm³/mol. The monoisotopic (exact) mass is 397 g/mol. The van der Waals surface area contributed by atoms with Crippen LogP contribution in [0, 0.1) is 39.9 Å². The highest BCUT2D eigenvalue weighted by molar-refractivity contribution is 5.92. The van der Waals surface area contributed by atoms with Crippen LogP contribution in [0.3, 0.4) is 0 Å². The Bertz CT molecular complexity index is 851. The Balaban J connectivity index is 1.68. The van der Waals surface area contributed by atoms with Gasteiger partial charge in [0.05, 0.1) is 11.7 Å². The van der Waals surface area contributed by atoms with E-state index in [0.29, 0.717) is 24.7 Å². The maximum absolute atomic E-state index is 12.0. The molecule has 2 fully saturated rings. The molecule has 0 bridgehead atoms. The Morgan fingerprint density at radius 2 is 2.10 bits per heavy atom. The lowest BCUT2D eigenvalue weighted by atomic mass is 9.50. The SMILES string of the molecule is CC(=O)OCC(C#N)[C@]1(O)CC[C@H]2[C@@H]3CCC4=CC(=O)CC[C@]4(C)C3=CC[C@@]21C. The van der Waals surface area contributed by atoms with Crippen molar-refractivity contribution >= 4 is 11.8 Å². The molecule has 0 amide bonds. The summed E-state index contributed by atoms with van der Waals surface area (Å²) in [7, 11) is 0. The van der Waals surface area contributed by atoms with Gasteiger partial charge in [0.25, 0.3) is 0 Å². The second-order valence-electron chi connectivity index (χ2n) is 9.95. The van der Waals surface area contributed by atoms with Gasteiger partial charge in [0.15, 0.2) is 5.78 Å². The topological polar surface area (TPSA) is 87.4 Å². The van der Waals surface area contributed by atoms with E-state index in [2.05, 4.69) is 26.0 Å². The first-order chi connectivity index (χ1) is 13.7. The standard InChI is InChI=1S/C24H31NO4/c1-15(26)29-14-17(13-25)24(28)11-8-21-19-5-4-16-12-18(27)6-9-22(16,2)20(19)7-10-23(21,24)3/h7,12,17,19,21,28H,4-6,8-11,14H2,1-3H3/t17?,19-,21+,22+,23+,24-/m1/s1. The van der Waals surface area contributed by atoms with Crippen molar-refractivity contribution in [3.8, 4) is 6.07 Å². The summed E-state index contributed by atoms with van der Waals surface area (Å²) in [5, 5.41) is 21.5. The lowest BCUT2D eigenvalue weighted by Gasteiger charge is -2.55. The van der Waals surface area contributed by atoms with Gasteiger partial charge in [0.2, 0.25) is 0 Å². The molecule has 4 aliphatic rings. The third kappa shape index (κ3) is 2.83. The number of nitriles is 1. The predicted octanol–water partition coefficient (Wildman–Crippen LogP) is 3.87. The van der Waals surface area contributed by atoms with Crippen LogP contribution in [-0.2, 0) is 14.3 Å². The first-order valence-corrected chi connectivity index (χ1v) is 10.9. The number of carbonyl (C=O) groups excluding carboxylic acids is 2. The number of ketones is 1. The lowest BCUT2D eigenvalue weighted by molar-refractivity contribution is -0.151. The molecule has 5 nitrogen and oxygen atoms in total. The van der Waals surface area contributed by atoms with E-state index in [0.717, 1.165) is 32.1 Å². The van der Waals surface area contributed by atoms with Crippen molar-refractivity contribution in [3.63, 3.8) is 0 Å². The van der Waals surface area contributed by atoms with Gasteiger partial charge in [0.1, 0.15) is 12.5 Å². The average Bonchev–Trinajstić information content (AvgIpc) is 2.94. The van der Waals surface area contributed by atoms with E-state index < -0.39 is 22.9 Å². The van der Waals surface area contributed by atoms with Crippen LogP contribution in [0.25, 0.3) is 0 Å². The molecule has 0 saturated heterocycles. The van der Waals surface area contributed by atoms with Gasteiger partial charge in [-0.25, -0.2) is 0 Å². The Hall–Kier alpha value is -1.93. The molecule has 0 aliphatic heterocycles. The normalized spacial score (nSPS) is 41.8. The summed E-state index contributed by atoms with van der Waals surface area (Å²) in [4.78, 5) is 23.2. The van der Waals surface area contributed by atoms with Gasteiger partial charge in [-0.1, -0.05) is 31.1 Å². The quantitative estimate of drug-likeness (QED) is 0.577. The average molecular weight is 398 g/mol. The highest BCUT2D eigenvalue weighted by Crippen LogP contribution is 2.66. The zero-order chi connectivity index (χ0) is 21.0. The number of ether oxygens (including phenoxy) is 1. The molecule has 5 heteroatoms. The van der Waals surface area contributed by atoms with Crippen LogP contribution < -0.4 is 0 Å². The zero-order valence-corrected chi connectivity index (χ0v) is 17.7.